The van der Waals surface area contributed by atoms with Crippen LogP contribution in [0.15, 0.2) is 24.4 Å². The Balaban J connectivity index is 1.63. The number of hydrogen-bond donors (Lipinski definition) is 1. The highest BCUT2D eigenvalue weighted by Crippen LogP contribution is 2.24. The van der Waals surface area contributed by atoms with Crippen LogP contribution in [0.4, 0.5) is 5.95 Å². The SMILES string of the molecule is CCn1c(NCc2cnc3n2CCC3)nc2cc(Cl)ccc21. The molecule has 22 heavy (non-hydrogen) atoms. The number of rotatable bonds is 4. The molecule has 3 aromatic rings. The minimum Gasteiger partial charge on any atom is -0.350 e. The zero-order valence-electron chi connectivity index (χ0n) is 12.5. The van der Waals surface area contributed by atoms with E-state index in [1.165, 1.54) is 17.9 Å². The number of hydrogen-bond acceptors (Lipinski definition) is 3. The lowest BCUT2D eigenvalue weighted by molar-refractivity contribution is 0.708. The Morgan fingerprint density at radius 1 is 1.36 bits per heavy atom. The third kappa shape index (κ3) is 2.16. The number of nitrogens with one attached hydrogen (secondary N) is 1. The van der Waals surface area contributed by atoms with Gasteiger partial charge in [-0.05, 0) is 31.5 Å². The van der Waals surface area contributed by atoms with Crippen molar-refractivity contribution in [2.45, 2.75) is 39.4 Å². The molecule has 114 valence electrons. The van der Waals surface area contributed by atoms with Crippen LogP contribution in [0.1, 0.15) is 24.9 Å². The highest BCUT2D eigenvalue weighted by molar-refractivity contribution is 6.31. The fourth-order valence-electron chi connectivity index (χ4n) is 3.19. The van der Waals surface area contributed by atoms with Gasteiger partial charge < -0.3 is 14.5 Å². The predicted octanol–water partition coefficient (Wildman–Crippen LogP) is 3.46. The third-order valence-electron chi connectivity index (χ3n) is 4.26. The molecule has 3 heterocycles. The highest BCUT2D eigenvalue weighted by atomic mass is 35.5. The van der Waals surface area contributed by atoms with Gasteiger partial charge in [0.05, 0.1) is 29.5 Å². The van der Waals surface area contributed by atoms with Gasteiger partial charge in [0.2, 0.25) is 5.95 Å². The van der Waals surface area contributed by atoms with Crippen LogP contribution < -0.4 is 5.32 Å². The molecular formula is C16H18ClN5. The van der Waals surface area contributed by atoms with E-state index in [9.17, 15) is 0 Å². The Hall–Kier alpha value is -2.01. The van der Waals surface area contributed by atoms with Crippen LogP contribution in [-0.4, -0.2) is 19.1 Å². The predicted molar refractivity (Wildman–Crippen MR) is 88.3 cm³/mol. The van der Waals surface area contributed by atoms with Crippen molar-refractivity contribution in [3.8, 4) is 0 Å². The van der Waals surface area contributed by atoms with Crippen molar-refractivity contribution in [2.75, 3.05) is 5.32 Å². The molecule has 1 aromatic carbocycles. The zero-order valence-corrected chi connectivity index (χ0v) is 13.3. The monoisotopic (exact) mass is 315 g/mol. The molecule has 6 heteroatoms. The van der Waals surface area contributed by atoms with Crippen molar-refractivity contribution in [3.05, 3.63) is 40.9 Å². The number of imidazole rings is 2. The largest absolute Gasteiger partial charge is 0.350 e. The van der Waals surface area contributed by atoms with Gasteiger partial charge in [-0.25, -0.2) is 9.97 Å². The molecule has 2 aromatic heterocycles. The molecule has 0 radical (unpaired) electrons. The summed E-state index contributed by atoms with van der Waals surface area (Å²) >= 11 is 6.06. The molecule has 1 N–H and O–H groups in total. The normalized spacial score (nSPS) is 13.7. The molecule has 0 spiro atoms. The van der Waals surface area contributed by atoms with Crippen molar-refractivity contribution in [2.24, 2.45) is 0 Å². The van der Waals surface area contributed by atoms with E-state index in [0.717, 1.165) is 43.0 Å². The number of benzene rings is 1. The Bertz CT molecular complexity index is 833. The molecule has 0 aliphatic carbocycles. The standard InChI is InChI=1S/C16H18ClN5/c1-2-21-14-6-5-11(17)8-13(14)20-16(21)19-10-12-9-18-15-4-3-7-22(12)15/h5-6,8-9H,2-4,7,10H2,1H3,(H,19,20). The molecule has 0 bridgehead atoms. The first-order valence-electron chi connectivity index (χ1n) is 7.69. The van der Waals surface area contributed by atoms with Crippen molar-refractivity contribution in [1.82, 2.24) is 19.1 Å². The summed E-state index contributed by atoms with van der Waals surface area (Å²) < 4.78 is 4.48. The van der Waals surface area contributed by atoms with Crippen LogP contribution in [0.5, 0.6) is 0 Å². The fourth-order valence-corrected chi connectivity index (χ4v) is 3.36. The Morgan fingerprint density at radius 3 is 3.14 bits per heavy atom. The molecule has 1 aliphatic rings. The molecule has 0 unspecified atom stereocenters. The van der Waals surface area contributed by atoms with E-state index in [4.69, 9.17) is 11.6 Å². The van der Waals surface area contributed by atoms with Gasteiger partial charge >= 0.3 is 0 Å². The summed E-state index contributed by atoms with van der Waals surface area (Å²) in [4.78, 5) is 9.16. The maximum absolute atomic E-state index is 6.06. The van der Waals surface area contributed by atoms with E-state index in [1.807, 2.05) is 24.4 Å². The first-order valence-corrected chi connectivity index (χ1v) is 8.07. The smallest absolute Gasteiger partial charge is 0.204 e. The second-order valence-electron chi connectivity index (χ2n) is 5.59. The number of aryl methyl sites for hydroxylation is 2. The van der Waals surface area contributed by atoms with Crippen LogP contribution in [0.25, 0.3) is 11.0 Å². The van der Waals surface area contributed by atoms with Gasteiger partial charge in [-0.1, -0.05) is 11.6 Å². The first-order chi connectivity index (χ1) is 10.8. The van der Waals surface area contributed by atoms with E-state index in [1.54, 1.807) is 0 Å². The molecule has 0 atom stereocenters. The molecule has 0 saturated carbocycles. The van der Waals surface area contributed by atoms with Gasteiger partial charge in [0.25, 0.3) is 0 Å². The molecule has 0 fully saturated rings. The maximum atomic E-state index is 6.06. The van der Waals surface area contributed by atoms with Crippen LogP contribution in [0.2, 0.25) is 5.02 Å². The van der Waals surface area contributed by atoms with Gasteiger partial charge in [0.15, 0.2) is 0 Å². The molecule has 0 saturated heterocycles. The molecular weight excluding hydrogens is 298 g/mol. The average molecular weight is 316 g/mol. The van der Waals surface area contributed by atoms with Crippen molar-refractivity contribution >= 4 is 28.6 Å². The van der Waals surface area contributed by atoms with E-state index in [-0.39, 0.29) is 0 Å². The number of anilines is 1. The van der Waals surface area contributed by atoms with Gasteiger partial charge in [-0.3, -0.25) is 0 Å². The van der Waals surface area contributed by atoms with Crippen LogP contribution in [0, 0.1) is 0 Å². The second-order valence-corrected chi connectivity index (χ2v) is 6.02. The number of aromatic nitrogens is 4. The number of fused-ring (bicyclic) bond motifs is 2. The maximum Gasteiger partial charge on any atom is 0.204 e. The van der Waals surface area contributed by atoms with Crippen LogP contribution in [0.3, 0.4) is 0 Å². The Kier molecular flexibility index (Phi) is 3.30. The van der Waals surface area contributed by atoms with Crippen LogP contribution >= 0.6 is 11.6 Å². The summed E-state index contributed by atoms with van der Waals surface area (Å²) in [6, 6.07) is 5.84. The van der Waals surface area contributed by atoms with E-state index in [0.29, 0.717) is 5.02 Å². The summed E-state index contributed by atoms with van der Waals surface area (Å²) in [6.45, 7) is 4.80. The molecule has 1 aliphatic heterocycles. The summed E-state index contributed by atoms with van der Waals surface area (Å²) in [6.07, 6.45) is 4.26. The van der Waals surface area contributed by atoms with E-state index >= 15 is 0 Å². The van der Waals surface area contributed by atoms with Crippen molar-refractivity contribution in [3.63, 3.8) is 0 Å². The minimum absolute atomic E-state index is 0.716. The average Bonchev–Trinajstić information content (AvgIpc) is 3.18. The minimum atomic E-state index is 0.716. The third-order valence-corrected chi connectivity index (χ3v) is 4.49. The molecule has 0 amide bonds. The van der Waals surface area contributed by atoms with Crippen molar-refractivity contribution < 1.29 is 0 Å². The summed E-state index contributed by atoms with van der Waals surface area (Å²) in [7, 11) is 0. The number of nitrogens with zero attached hydrogens (tertiary/aromatic N) is 4. The quantitative estimate of drug-likeness (QED) is 0.802. The Labute approximate surface area is 133 Å². The lowest BCUT2D eigenvalue weighted by atomic mass is 10.3. The summed E-state index contributed by atoms with van der Waals surface area (Å²) in [5, 5.41) is 4.17. The summed E-state index contributed by atoms with van der Waals surface area (Å²) in [5.41, 5.74) is 3.25. The first kappa shape index (κ1) is 13.6. The van der Waals surface area contributed by atoms with Gasteiger partial charge in [0, 0.05) is 24.5 Å². The second kappa shape index (κ2) is 5.32. The Morgan fingerprint density at radius 2 is 2.27 bits per heavy atom. The lowest BCUT2D eigenvalue weighted by Crippen LogP contribution is -2.10. The van der Waals surface area contributed by atoms with E-state index < -0.39 is 0 Å². The fraction of sp³-hybridized carbons (Fsp3) is 0.375. The van der Waals surface area contributed by atoms with Crippen molar-refractivity contribution in [1.29, 1.82) is 0 Å². The topological polar surface area (TPSA) is 47.7 Å². The lowest BCUT2D eigenvalue weighted by Gasteiger charge is -2.09. The molecule has 4 rings (SSSR count). The number of halogens is 1. The van der Waals surface area contributed by atoms with Gasteiger partial charge in [-0.15, -0.1) is 0 Å². The zero-order chi connectivity index (χ0) is 15.1. The van der Waals surface area contributed by atoms with Gasteiger partial charge in [-0.2, -0.15) is 0 Å². The highest BCUT2D eigenvalue weighted by Gasteiger charge is 2.16. The summed E-state index contributed by atoms with van der Waals surface area (Å²) in [5.74, 6) is 2.08. The van der Waals surface area contributed by atoms with Crippen LogP contribution in [-0.2, 0) is 26.1 Å². The van der Waals surface area contributed by atoms with E-state index in [2.05, 4.69) is 31.3 Å². The van der Waals surface area contributed by atoms with Gasteiger partial charge in [0.1, 0.15) is 5.82 Å². The molecule has 5 nitrogen and oxygen atoms in total.